The highest BCUT2D eigenvalue weighted by Gasteiger charge is 2.33. The van der Waals surface area contributed by atoms with Crippen LogP contribution in [0.3, 0.4) is 0 Å². The molecule has 0 spiro atoms. The number of amides is 1. The minimum atomic E-state index is -3.05. The molecule has 152 valence electrons. The predicted molar refractivity (Wildman–Crippen MR) is 110 cm³/mol. The van der Waals surface area contributed by atoms with E-state index in [1.807, 2.05) is 35.9 Å². The molecule has 0 unspecified atom stereocenters. The quantitative estimate of drug-likeness (QED) is 0.642. The Morgan fingerprint density at radius 3 is 2.86 bits per heavy atom. The van der Waals surface area contributed by atoms with Crippen LogP contribution in [-0.4, -0.2) is 53.2 Å². The van der Waals surface area contributed by atoms with Crippen LogP contribution >= 0.6 is 0 Å². The topological polar surface area (TPSA) is 81.0 Å². The van der Waals surface area contributed by atoms with Crippen molar-refractivity contribution in [2.24, 2.45) is 0 Å². The van der Waals surface area contributed by atoms with Crippen LogP contribution in [0.1, 0.15) is 28.0 Å². The summed E-state index contributed by atoms with van der Waals surface area (Å²) in [6, 6.07) is 10.6. The summed E-state index contributed by atoms with van der Waals surface area (Å²) in [6.45, 7) is 2.31. The lowest BCUT2D eigenvalue weighted by molar-refractivity contribution is 0.0747. The minimum Gasteiger partial charge on any atom is -0.487 e. The monoisotopic (exact) mass is 413 g/mol. The molecule has 3 heterocycles. The van der Waals surface area contributed by atoms with E-state index in [9.17, 15) is 13.2 Å². The van der Waals surface area contributed by atoms with E-state index in [1.165, 1.54) is 4.90 Å². The fourth-order valence-electron chi connectivity index (χ4n) is 3.55. The van der Waals surface area contributed by atoms with Gasteiger partial charge >= 0.3 is 0 Å². The average molecular weight is 413 g/mol. The van der Waals surface area contributed by atoms with Gasteiger partial charge in [-0.05, 0) is 43.2 Å². The summed E-state index contributed by atoms with van der Waals surface area (Å²) in [5, 5.41) is 0. The summed E-state index contributed by atoms with van der Waals surface area (Å²) >= 11 is 0. The zero-order chi connectivity index (χ0) is 20.6. The first-order valence-corrected chi connectivity index (χ1v) is 11.3. The van der Waals surface area contributed by atoms with Gasteiger partial charge < -0.3 is 14.0 Å². The second-order valence-electron chi connectivity index (χ2n) is 7.49. The number of sulfone groups is 1. The van der Waals surface area contributed by atoms with Crippen LogP contribution in [0.15, 0.2) is 48.8 Å². The molecule has 1 aromatic carbocycles. The summed E-state index contributed by atoms with van der Waals surface area (Å²) in [7, 11) is -1.39. The first-order valence-electron chi connectivity index (χ1n) is 9.45. The van der Waals surface area contributed by atoms with E-state index in [-0.39, 0.29) is 30.1 Å². The third-order valence-corrected chi connectivity index (χ3v) is 6.94. The van der Waals surface area contributed by atoms with Gasteiger partial charge in [-0.2, -0.15) is 0 Å². The van der Waals surface area contributed by atoms with E-state index < -0.39 is 9.84 Å². The number of hydrogen-bond acceptors (Lipinski definition) is 5. The maximum absolute atomic E-state index is 12.8. The van der Waals surface area contributed by atoms with Crippen LogP contribution in [0.2, 0.25) is 0 Å². The Morgan fingerprint density at radius 1 is 1.28 bits per heavy atom. The van der Waals surface area contributed by atoms with E-state index in [4.69, 9.17) is 4.74 Å². The van der Waals surface area contributed by atoms with Crippen molar-refractivity contribution in [3.05, 3.63) is 65.6 Å². The number of nitrogens with zero attached hydrogens (tertiary/aromatic N) is 3. The molecule has 1 aliphatic rings. The number of benzene rings is 1. The Labute approximate surface area is 169 Å². The number of fused-ring (bicyclic) bond motifs is 1. The lowest BCUT2D eigenvalue weighted by Gasteiger charge is -2.23. The molecule has 1 saturated heterocycles. The Balaban J connectivity index is 1.44. The zero-order valence-electron chi connectivity index (χ0n) is 16.4. The van der Waals surface area contributed by atoms with Crippen molar-refractivity contribution in [1.29, 1.82) is 0 Å². The standard InChI is InChI=1S/C21H23N3O4S/c1-15-6-7-20-22-17(12-24(20)11-15)13-28-19-5-3-4-16(10-19)21(25)23(2)18-8-9-29(26,27)14-18/h3-7,10-12,18H,8-9,13-14H2,1-2H3/t18-/m0/s1. The Morgan fingerprint density at radius 2 is 2.10 bits per heavy atom. The molecule has 3 aromatic rings. The van der Waals surface area contributed by atoms with Crippen molar-refractivity contribution >= 4 is 21.4 Å². The summed E-state index contributed by atoms with van der Waals surface area (Å²) in [5.74, 6) is 0.521. The van der Waals surface area contributed by atoms with Gasteiger partial charge in [-0.3, -0.25) is 4.79 Å². The van der Waals surface area contributed by atoms with Gasteiger partial charge in [0.1, 0.15) is 18.0 Å². The molecule has 1 atom stereocenters. The minimum absolute atomic E-state index is 0.0266. The molecule has 29 heavy (non-hydrogen) atoms. The second kappa shape index (κ2) is 7.51. The zero-order valence-corrected chi connectivity index (χ0v) is 17.2. The summed E-state index contributed by atoms with van der Waals surface area (Å²) in [4.78, 5) is 18.8. The predicted octanol–water partition coefficient (Wildman–Crippen LogP) is 2.48. The molecule has 1 amide bonds. The summed E-state index contributed by atoms with van der Waals surface area (Å²) in [5.41, 5.74) is 3.26. The number of imidazole rings is 1. The molecule has 0 bridgehead atoms. The Kier molecular flexibility index (Phi) is 5.04. The summed E-state index contributed by atoms with van der Waals surface area (Å²) in [6.07, 6.45) is 4.41. The molecule has 1 aliphatic heterocycles. The molecule has 4 rings (SSSR count). The van der Waals surface area contributed by atoms with E-state index in [0.717, 1.165) is 16.9 Å². The number of ether oxygens (including phenoxy) is 1. The van der Waals surface area contributed by atoms with Crippen LogP contribution < -0.4 is 4.74 Å². The number of hydrogen-bond donors (Lipinski definition) is 0. The van der Waals surface area contributed by atoms with Gasteiger partial charge in [0, 0.05) is 31.0 Å². The van der Waals surface area contributed by atoms with Crippen LogP contribution in [0.4, 0.5) is 0 Å². The van der Waals surface area contributed by atoms with Gasteiger partial charge in [0.2, 0.25) is 0 Å². The van der Waals surface area contributed by atoms with Crippen LogP contribution in [0.25, 0.3) is 5.65 Å². The fraction of sp³-hybridized carbons (Fsp3) is 0.333. The lowest BCUT2D eigenvalue weighted by Crippen LogP contribution is -2.37. The third-order valence-electron chi connectivity index (χ3n) is 5.19. The Bertz CT molecular complexity index is 1170. The van der Waals surface area contributed by atoms with Crippen molar-refractivity contribution in [3.63, 3.8) is 0 Å². The maximum atomic E-state index is 12.8. The molecular formula is C21H23N3O4S. The molecule has 2 aromatic heterocycles. The van der Waals surface area contributed by atoms with Gasteiger partial charge in [0.05, 0.1) is 17.2 Å². The van der Waals surface area contributed by atoms with Crippen LogP contribution in [0.5, 0.6) is 5.75 Å². The number of carbonyl (C=O) groups excluding carboxylic acids is 1. The molecule has 0 N–H and O–H groups in total. The molecule has 1 fully saturated rings. The number of rotatable bonds is 5. The van der Waals surface area contributed by atoms with Gasteiger partial charge in [-0.15, -0.1) is 0 Å². The largest absolute Gasteiger partial charge is 0.487 e. The fourth-order valence-corrected chi connectivity index (χ4v) is 5.33. The van der Waals surface area contributed by atoms with Crippen molar-refractivity contribution < 1.29 is 17.9 Å². The highest BCUT2D eigenvalue weighted by Crippen LogP contribution is 2.21. The highest BCUT2D eigenvalue weighted by molar-refractivity contribution is 7.91. The third kappa shape index (κ3) is 4.27. The first kappa shape index (κ1) is 19.4. The summed E-state index contributed by atoms with van der Waals surface area (Å²) < 4.78 is 31.2. The van der Waals surface area contributed by atoms with Crippen molar-refractivity contribution in [3.8, 4) is 5.75 Å². The van der Waals surface area contributed by atoms with Crippen LogP contribution in [-0.2, 0) is 16.4 Å². The van der Waals surface area contributed by atoms with Crippen molar-refractivity contribution in [2.75, 3.05) is 18.6 Å². The number of pyridine rings is 1. The molecule has 7 nitrogen and oxygen atoms in total. The molecule has 0 saturated carbocycles. The second-order valence-corrected chi connectivity index (χ2v) is 9.72. The average Bonchev–Trinajstić information content (AvgIpc) is 3.27. The van der Waals surface area contributed by atoms with Gasteiger partial charge in [-0.25, -0.2) is 13.4 Å². The van der Waals surface area contributed by atoms with E-state index in [0.29, 0.717) is 17.7 Å². The van der Waals surface area contributed by atoms with E-state index in [1.54, 1.807) is 31.3 Å². The molecule has 8 heteroatoms. The lowest BCUT2D eigenvalue weighted by atomic mass is 10.1. The SMILES string of the molecule is Cc1ccc2nc(COc3cccc(C(=O)N(C)[C@H]4CCS(=O)(=O)C4)c3)cn2c1. The highest BCUT2D eigenvalue weighted by atomic mass is 32.2. The smallest absolute Gasteiger partial charge is 0.254 e. The van der Waals surface area contributed by atoms with Crippen molar-refractivity contribution in [2.45, 2.75) is 26.0 Å². The number of aryl methyl sites for hydroxylation is 1. The van der Waals surface area contributed by atoms with E-state index >= 15 is 0 Å². The van der Waals surface area contributed by atoms with Gasteiger partial charge in [0.15, 0.2) is 9.84 Å². The van der Waals surface area contributed by atoms with E-state index in [2.05, 4.69) is 4.98 Å². The number of carbonyl (C=O) groups is 1. The molecular weight excluding hydrogens is 390 g/mol. The van der Waals surface area contributed by atoms with Gasteiger partial charge in [0.25, 0.3) is 5.91 Å². The van der Waals surface area contributed by atoms with Gasteiger partial charge in [-0.1, -0.05) is 12.1 Å². The van der Waals surface area contributed by atoms with Crippen LogP contribution in [0, 0.1) is 6.92 Å². The number of aromatic nitrogens is 2. The normalized spacial score (nSPS) is 18.1. The maximum Gasteiger partial charge on any atom is 0.254 e. The molecule has 0 aliphatic carbocycles. The first-order chi connectivity index (χ1) is 13.8. The Hall–Kier alpha value is -2.87. The van der Waals surface area contributed by atoms with Crippen molar-refractivity contribution in [1.82, 2.24) is 14.3 Å². The molecule has 0 radical (unpaired) electrons.